The summed E-state index contributed by atoms with van der Waals surface area (Å²) in [4.78, 5) is 1.96. The second-order valence-corrected chi connectivity index (χ2v) is 5.54. The van der Waals surface area contributed by atoms with Gasteiger partial charge in [-0.25, -0.2) is 8.78 Å². The first-order chi connectivity index (χ1) is 10.9. The van der Waals surface area contributed by atoms with E-state index in [-0.39, 0.29) is 23.9 Å². The lowest BCUT2D eigenvalue weighted by atomic mass is 10.0. The Morgan fingerprint density at radius 1 is 1.13 bits per heavy atom. The average Bonchev–Trinajstić information content (AvgIpc) is 2.51. The zero-order chi connectivity index (χ0) is 17.0. The second-order valence-electron chi connectivity index (χ2n) is 5.54. The Morgan fingerprint density at radius 2 is 1.87 bits per heavy atom. The van der Waals surface area contributed by atoms with Gasteiger partial charge in [0.1, 0.15) is 17.4 Å². The van der Waals surface area contributed by atoms with Crippen molar-refractivity contribution in [3.05, 3.63) is 65.2 Å². The summed E-state index contributed by atoms with van der Waals surface area (Å²) in [5.41, 5.74) is 0.978. The first-order valence-electron chi connectivity index (χ1n) is 7.58. The van der Waals surface area contributed by atoms with Crippen molar-refractivity contribution in [2.24, 2.45) is 0 Å². The highest BCUT2D eigenvalue weighted by Gasteiger charge is 2.21. The van der Waals surface area contributed by atoms with E-state index in [1.54, 1.807) is 18.2 Å². The number of benzene rings is 2. The molecule has 2 unspecified atom stereocenters. The molecule has 0 aliphatic carbocycles. The molecule has 0 amide bonds. The van der Waals surface area contributed by atoms with Gasteiger partial charge in [0.25, 0.3) is 0 Å². The summed E-state index contributed by atoms with van der Waals surface area (Å²) in [5, 5.41) is 19.9. The van der Waals surface area contributed by atoms with Gasteiger partial charge in [0.15, 0.2) is 0 Å². The minimum absolute atomic E-state index is 0.0646. The Labute approximate surface area is 134 Å². The lowest BCUT2D eigenvalue weighted by Gasteiger charge is -2.30. The predicted octanol–water partition coefficient (Wildman–Crippen LogP) is 3.79. The van der Waals surface area contributed by atoms with E-state index < -0.39 is 17.7 Å². The Kier molecular flexibility index (Phi) is 5.69. The topological polar surface area (TPSA) is 43.7 Å². The van der Waals surface area contributed by atoms with Crippen LogP contribution in [0.2, 0.25) is 0 Å². The number of rotatable bonds is 6. The second kappa shape index (κ2) is 7.53. The van der Waals surface area contributed by atoms with Crippen molar-refractivity contribution in [1.82, 2.24) is 4.90 Å². The van der Waals surface area contributed by atoms with E-state index >= 15 is 0 Å². The van der Waals surface area contributed by atoms with Crippen LogP contribution < -0.4 is 0 Å². The Bertz CT molecular complexity index is 663. The molecule has 0 radical (unpaired) electrons. The van der Waals surface area contributed by atoms with Gasteiger partial charge in [0, 0.05) is 24.2 Å². The third-order valence-corrected chi connectivity index (χ3v) is 4.04. The standard InChI is InChI=1S/C18H21F2NO2/c1-3-21(12(2)13-5-4-6-15(22)9-13)11-18(23)16-8-7-14(19)10-17(16)20/h4-10,12,18,22-23H,3,11H2,1-2H3. The molecule has 0 fully saturated rings. The summed E-state index contributed by atoms with van der Waals surface area (Å²) in [5.74, 6) is -1.24. The molecule has 2 aromatic rings. The summed E-state index contributed by atoms with van der Waals surface area (Å²) in [6.45, 7) is 4.73. The van der Waals surface area contributed by atoms with Gasteiger partial charge in [-0.15, -0.1) is 0 Å². The molecule has 0 aromatic heterocycles. The number of phenols is 1. The van der Waals surface area contributed by atoms with Crippen LogP contribution >= 0.6 is 0 Å². The van der Waals surface area contributed by atoms with E-state index in [9.17, 15) is 19.0 Å². The maximum Gasteiger partial charge on any atom is 0.131 e. The lowest BCUT2D eigenvalue weighted by Crippen LogP contribution is -2.31. The van der Waals surface area contributed by atoms with Crippen LogP contribution in [-0.4, -0.2) is 28.2 Å². The van der Waals surface area contributed by atoms with Crippen LogP contribution in [0.3, 0.4) is 0 Å². The summed E-state index contributed by atoms with van der Waals surface area (Å²) in [6, 6.07) is 10.0. The van der Waals surface area contributed by atoms with Crippen molar-refractivity contribution < 1.29 is 19.0 Å². The highest BCUT2D eigenvalue weighted by atomic mass is 19.1. The van der Waals surface area contributed by atoms with Crippen LogP contribution in [0.5, 0.6) is 5.75 Å². The highest BCUT2D eigenvalue weighted by molar-refractivity contribution is 5.29. The highest BCUT2D eigenvalue weighted by Crippen LogP contribution is 2.26. The molecule has 0 spiro atoms. The molecule has 2 rings (SSSR count). The molecule has 0 heterocycles. The van der Waals surface area contributed by atoms with Gasteiger partial charge in [-0.1, -0.05) is 25.1 Å². The molecule has 2 atom stereocenters. The predicted molar refractivity (Wildman–Crippen MR) is 85.1 cm³/mol. The fourth-order valence-corrected chi connectivity index (χ4v) is 2.65. The molecule has 2 aromatic carbocycles. The number of halogens is 2. The van der Waals surface area contributed by atoms with E-state index in [0.717, 1.165) is 17.7 Å². The molecule has 0 bridgehead atoms. The van der Waals surface area contributed by atoms with Crippen molar-refractivity contribution in [1.29, 1.82) is 0 Å². The number of nitrogens with zero attached hydrogens (tertiary/aromatic N) is 1. The van der Waals surface area contributed by atoms with E-state index in [0.29, 0.717) is 6.54 Å². The number of aliphatic hydroxyl groups excluding tert-OH is 1. The number of aliphatic hydroxyl groups is 1. The van der Waals surface area contributed by atoms with Gasteiger partial charge in [-0.05, 0) is 37.2 Å². The van der Waals surface area contributed by atoms with Gasteiger partial charge < -0.3 is 10.2 Å². The monoisotopic (exact) mass is 321 g/mol. The molecule has 23 heavy (non-hydrogen) atoms. The van der Waals surface area contributed by atoms with Gasteiger partial charge in [0.05, 0.1) is 6.10 Å². The van der Waals surface area contributed by atoms with Crippen molar-refractivity contribution in [2.75, 3.05) is 13.1 Å². The third-order valence-electron chi connectivity index (χ3n) is 4.04. The Morgan fingerprint density at radius 3 is 2.48 bits per heavy atom. The van der Waals surface area contributed by atoms with Crippen LogP contribution in [-0.2, 0) is 0 Å². The van der Waals surface area contributed by atoms with Crippen molar-refractivity contribution in [3.63, 3.8) is 0 Å². The molecule has 3 nitrogen and oxygen atoms in total. The van der Waals surface area contributed by atoms with Gasteiger partial charge in [0.2, 0.25) is 0 Å². The molecule has 0 saturated carbocycles. The zero-order valence-corrected chi connectivity index (χ0v) is 13.2. The lowest BCUT2D eigenvalue weighted by molar-refractivity contribution is 0.0919. The van der Waals surface area contributed by atoms with Crippen molar-refractivity contribution in [3.8, 4) is 5.75 Å². The van der Waals surface area contributed by atoms with Crippen molar-refractivity contribution in [2.45, 2.75) is 26.0 Å². The fraction of sp³-hybridized carbons (Fsp3) is 0.333. The number of hydrogen-bond donors (Lipinski definition) is 2. The number of aromatic hydroxyl groups is 1. The van der Waals surface area contributed by atoms with E-state index in [4.69, 9.17) is 0 Å². The Hall–Kier alpha value is -1.98. The van der Waals surface area contributed by atoms with Crippen LogP contribution in [0, 0.1) is 11.6 Å². The number of hydrogen-bond acceptors (Lipinski definition) is 3. The summed E-state index contributed by atoms with van der Waals surface area (Å²) >= 11 is 0. The van der Waals surface area contributed by atoms with Crippen LogP contribution in [0.15, 0.2) is 42.5 Å². The van der Waals surface area contributed by atoms with E-state index in [2.05, 4.69) is 0 Å². The maximum atomic E-state index is 13.8. The first-order valence-corrected chi connectivity index (χ1v) is 7.58. The van der Waals surface area contributed by atoms with Crippen molar-refractivity contribution >= 4 is 0 Å². The summed E-state index contributed by atoms with van der Waals surface area (Å²) in [7, 11) is 0. The van der Waals surface area contributed by atoms with Gasteiger partial charge in [-0.2, -0.15) is 0 Å². The quantitative estimate of drug-likeness (QED) is 0.851. The van der Waals surface area contributed by atoms with E-state index in [1.165, 1.54) is 6.07 Å². The zero-order valence-electron chi connectivity index (χ0n) is 13.2. The minimum atomic E-state index is -1.06. The summed E-state index contributed by atoms with van der Waals surface area (Å²) in [6.07, 6.45) is -1.06. The van der Waals surface area contributed by atoms with Crippen LogP contribution in [0.25, 0.3) is 0 Å². The van der Waals surface area contributed by atoms with E-state index in [1.807, 2.05) is 24.8 Å². The molecular weight excluding hydrogens is 300 g/mol. The molecule has 2 N–H and O–H groups in total. The van der Waals surface area contributed by atoms with Crippen LogP contribution in [0.4, 0.5) is 8.78 Å². The average molecular weight is 321 g/mol. The largest absolute Gasteiger partial charge is 0.508 e. The molecule has 0 aliphatic rings. The minimum Gasteiger partial charge on any atom is -0.508 e. The maximum absolute atomic E-state index is 13.8. The van der Waals surface area contributed by atoms with Gasteiger partial charge in [-0.3, -0.25) is 4.90 Å². The molecule has 124 valence electrons. The fourth-order valence-electron chi connectivity index (χ4n) is 2.65. The summed E-state index contributed by atoms with van der Waals surface area (Å²) < 4.78 is 26.8. The number of likely N-dealkylation sites (N-methyl/N-ethyl adjacent to an activating group) is 1. The first kappa shape index (κ1) is 17.4. The van der Waals surface area contributed by atoms with Gasteiger partial charge >= 0.3 is 0 Å². The third kappa shape index (κ3) is 4.27. The normalized spacial score (nSPS) is 14.0. The smallest absolute Gasteiger partial charge is 0.131 e. The SMILES string of the molecule is CCN(CC(O)c1ccc(F)cc1F)C(C)c1cccc(O)c1. The molecular formula is C18H21F2NO2. The van der Waals surface area contributed by atoms with Crippen LogP contribution in [0.1, 0.15) is 37.1 Å². The molecule has 0 aliphatic heterocycles. The molecule has 5 heteroatoms. The molecule has 0 saturated heterocycles. The Balaban J connectivity index is 2.15. The number of phenolic OH excluding ortho intramolecular Hbond substituents is 1.